The summed E-state index contributed by atoms with van der Waals surface area (Å²) in [5, 5.41) is 17.3. The molecule has 0 spiro atoms. The van der Waals surface area contributed by atoms with Gasteiger partial charge in [0.25, 0.3) is 11.6 Å². The Balaban J connectivity index is 1.50. The topological polar surface area (TPSA) is 116 Å². The maximum absolute atomic E-state index is 12.7. The van der Waals surface area contributed by atoms with Crippen LogP contribution in [0.5, 0.6) is 11.5 Å². The van der Waals surface area contributed by atoms with E-state index < -0.39 is 10.8 Å². The lowest BCUT2D eigenvalue weighted by atomic mass is 10.1. The predicted molar refractivity (Wildman–Crippen MR) is 119 cm³/mol. The third-order valence-corrected chi connectivity index (χ3v) is 4.96. The molecule has 2 aromatic carbocycles. The summed E-state index contributed by atoms with van der Waals surface area (Å²) in [6, 6.07) is 13.4. The molecule has 0 atom stereocenters. The largest absolute Gasteiger partial charge is 0.493 e. The standard InChI is InChI=1S/C23H22N4O5/c1-31-21-7-5-18(13-22(21)32-14-15-8-10-24-11-9-15)26-23(28)16-2-6-19(25-17-3-4-17)20(12-16)27(29)30/h2,5-13,17,25H,3-4,14H2,1H3,(H,26,28). The van der Waals surface area contributed by atoms with Gasteiger partial charge in [0.1, 0.15) is 12.3 Å². The van der Waals surface area contributed by atoms with Crippen LogP contribution in [0.15, 0.2) is 60.9 Å². The highest BCUT2D eigenvalue weighted by atomic mass is 16.6. The number of aromatic nitrogens is 1. The molecule has 4 rings (SSSR count). The van der Waals surface area contributed by atoms with Crippen molar-refractivity contribution in [1.82, 2.24) is 4.98 Å². The van der Waals surface area contributed by atoms with Crippen LogP contribution in [0, 0.1) is 10.1 Å². The van der Waals surface area contributed by atoms with Crippen LogP contribution >= 0.6 is 0 Å². The summed E-state index contributed by atoms with van der Waals surface area (Å²) >= 11 is 0. The number of nitro benzene ring substituents is 1. The molecule has 1 aliphatic carbocycles. The zero-order chi connectivity index (χ0) is 22.5. The average molecular weight is 434 g/mol. The monoisotopic (exact) mass is 434 g/mol. The van der Waals surface area contributed by atoms with Crippen molar-refractivity contribution >= 4 is 23.0 Å². The van der Waals surface area contributed by atoms with Crippen molar-refractivity contribution in [3.8, 4) is 11.5 Å². The number of methoxy groups -OCH3 is 1. The highest BCUT2D eigenvalue weighted by Crippen LogP contribution is 2.33. The first kappa shape index (κ1) is 21.1. The normalized spacial score (nSPS) is 12.7. The second-order valence-corrected chi connectivity index (χ2v) is 7.37. The van der Waals surface area contributed by atoms with E-state index in [0.717, 1.165) is 18.4 Å². The molecule has 0 saturated heterocycles. The molecule has 3 aromatic rings. The van der Waals surface area contributed by atoms with E-state index in [1.807, 2.05) is 12.1 Å². The average Bonchev–Trinajstić information content (AvgIpc) is 3.62. The highest BCUT2D eigenvalue weighted by Gasteiger charge is 2.25. The number of anilines is 2. The van der Waals surface area contributed by atoms with Gasteiger partial charge in [-0.2, -0.15) is 0 Å². The summed E-state index contributed by atoms with van der Waals surface area (Å²) in [5.74, 6) is 0.511. The van der Waals surface area contributed by atoms with E-state index >= 15 is 0 Å². The number of pyridine rings is 1. The van der Waals surface area contributed by atoms with Crippen LogP contribution in [0.2, 0.25) is 0 Å². The van der Waals surface area contributed by atoms with Gasteiger partial charge in [-0.3, -0.25) is 19.9 Å². The van der Waals surface area contributed by atoms with Gasteiger partial charge in [0.2, 0.25) is 0 Å². The van der Waals surface area contributed by atoms with Gasteiger partial charge in [-0.1, -0.05) is 0 Å². The summed E-state index contributed by atoms with van der Waals surface area (Å²) in [6.07, 6.45) is 5.33. The van der Waals surface area contributed by atoms with Gasteiger partial charge in [-0.15, -0.1) is 0 Å². The van der Waals surface area contributed by atoms with E-state index in [0.29, 0.717) is 29.5 Å². The predicted octanol–water partition coefficient (Wildman–Crippen LogP) is 4.40. The minimum atomic E-state index is -0.486. The number of benzene rings is 2. The Morgan fingerprint density at radius 1 is 1.12 bits per heavy atom. The number of nitrogens with one attached hydrogen (secondary N) is 2. The molecular weight excluding hydrogens is 412 g/mol. The van der Waals surface area contributed by atoms with Crippen molar-refractivity contribution in [2.75, 3.05) is 17.7 Å². The summed E-state index contributed by atoms with van der Waals surface area (Å²) in [6.45, 7) is 0.304. The summed E-state index contributed by atoms with van der Waals surface area (Å²) < 4.78 is 11.2. The van der Waals surface area contributed by atoms with Crippen LogP contribution in [-0.2, 0) is 6.61 Å². The van der Waals surface area contributed by atoms with Gasteiger partial charge in [-0.25, -0.2) is 0 Å². The molecule has 1 aromatic heterocycles. The minimum absolute atomic E-state index is 0.124. The number of rotatable bonds is 9. The Hall–Kier alpha value is -4.14. The van der Waals surface area contributed by atoms with Gasteiger partial charge in [-0.05, 0) is 54.8 Å². The molecule has 32 heavy (non-hydrogen) atoms. The fraction of sp³-hybridized carbons (Fsp3) is 0.217. The zero-order valence-corrected chi connectivity index (χ0v) is 17.4. The minimum Gasteiger partial charge on any atom is -0.493 e. The molecule has 1 saturated carbocycles. The molecule has 0 bridgehead atoms. The molecular formula is C23H22N4O5. The number of ether oxygens (including phenoxy) is 2. The lowest BCUT2D eigenvalue weighted by Crippen LogP contribution is -2.13. The lowest BCUT2D eigenvalue weighted by molar-refractivity contribution is -0.384. The van der Waals surface area contributed by atoms with Gasteiger partial charge in [0, 0.05) is 41.8 Å². The van der Waals surface area contributed by atoms with Gasteiger partial charge in [0.15, 0.2) is 11.5 Å². The number of hydrogen-bond acceptors (Lipinski definition) is 7. The van der Waals surface area contributed by atoms with Crippen LogP contribution in [0.3, 0.4) is 0 Å². The lowest BCUT2D eigenvalue weighted by Gasteiger charge is -2.13. The van der Waals surface area contributed by atoms with E-state index in [-0.39, 0.29) is 17.3 Å². The number of amides is 1. The number of hydrogen-bond donors (Lipinski definition) is 2. The van der Waals surface area contributed by atoms with Crippen LogP contribution in [0.1, 0.15) is 28.8 Å². The van der Waals surface area contributed by atoms with Crippen LogP contribution in [0.25, 0.3) is 0 Å². The Bertz CT molecular complexity index is 1130. The SMILES string of the molecule is COc1ccc(NC(=O)c2ccc(NC3CC3)c([N+](=O)[O-])c2)cc1OCc1ccncc1. The molecule has 0 aliphatic heterocycles. The van der Waals surface area contributed by atoms with Gasteiger partial charge in [0.05, 0.1) is 12.0 Å². The molecule has 0 unspecified atom stereocenters. The first-order valence-corrected chi connectivity index (χ1v) is 10.1. The van der Waals surface area contributed by atoms with Crippen LogP contribution in [0.4, 0.5) is 17.1 Å². The van der Waals surface area contributed by atoms with E-state index in [9.17, 15) is 14.9 Å². The van der Waals surface area contributed by atoms with Crippen LogP contribution < -0.4 is 20.1 Å². The molecule has 1 amide bonds. The van der Waals surface area contributed by atoms with E-state index in [1.54, 1.807) is 42.7 Å². The van der Waals surface area contributed by atoms with Crippen molar-refractivity contribution in [1.29, 1.82) is 0 Å². The Labute approximate surface area is 184 Å². The number of nitro groups is 1. The highest BCUT2D eigenvalue weighted by molar-refractivity contribution is 6.05. The van der Waals surface area contributed by atoms with Crippen molar-refractivity contribution in [3.63, 3.8) is 0 Å². The van der Waals surface area contributed by atoms with E-state index in [4.69, 9.17) is 9.47 Å². The Morgan fingerprint density at radius 3 is 2.59 bits per heavy atom. The van der Waals surface area contributed by atoms with Crippen molar-refractivity contribution in [2.45, 2.75) is 25.5 Å². The second-order valence-electron chi connectivity index (χ2n) is 7.37. The fourth-order valence-electron chi connectivity index (χ4n) is 3.10. The van der Waals surface area contributed by atoms with E-state index in [1.165, 1.54) is 13.2 Å². The third kappa shape index (κ3) is 5.12. The summed E-state index contributed by atoms with van der Waals surface area (Å²) in [7, 11) is 1.53. The Morgan fingerprint density at radius 2 is 1.91 bits per heavy atom. The summed E-state index contributed by atoms with van der Waals surface area (Å²) in [4.78, 5) is 27.7. The number of carbonyl (C=O) groups is 1. The third-order valence-electron chi connectivity index (χ3n) is 4.96. The first-order valence-electron chi connectivity index (χ1n) is 10.1. The molecule has 0 radical (unpaired) electrons. The van der Waals surface area contributed by atoms with Crippen molar-refractivity contribution in [2.24, 2.45) is 0 Å². The van der Waals surface area contributed by atoms with Crippen molar-refractivity contribution < 1.29 is 19.2 Å². The molecule has 1 heterocycles. The molecule has 9 nitrogen and oxygen atoms in total. The molecule has 1 fully saturated rings. The molecule has 164 valence electrons. The summed E-state index contributed by atoms with van der Waals surface area (Å²) in [5.41, 5.74) is 1.89. The molecule has 1 aliphatic rings. The van der Waals surface area contributed by atoms with Gasteiger partial charge < -0.3 is 20.1 Å². The number of nitrogens with zero attached hydrogens (tertiary/aromatic N) is 2. The molecule has 9 heteroatoms. The van der Waals surface area contributed by atoms with Crippen LogP contribution in [-0.4, -0.2) is 29.0 Å². The molecule has 2 N–H and O–H groups in total. The fourth-order valence-corrected chi connectivity index (χ4v) is 3.10. The van der Waals surface area contributed by atoms with E-state index in [2.05, 4.69) is 15.6 Å². The second kappa shape index (κ2) is 9.34. The Kier molecular flexibility index (Phi) is 6.16. The first-order chi connectivity index (χ1) is 15.5. The smallest absolute Gasteiger partial charge is 0.293 e. The zero-order valence-electron chi connectivity index (χ0n) is 17.4. The maximum atomic E-state index is 12.7. The van der Waals surface area contributed by atoms with Crippen molar-refractivity contribution in [3.05, 3.63) is 82.2 Å². The van der Waals surface area contributed by atoms with Gasteiger partial charge >= 0.3 is 0 Å². The maximum Gasteiger partial charge on any atom is 0.293 e. The quantitative estimate of drug-likeness (QED) is 0.379. The number of carbonyl (C=O) groups excluding carboxylic acids is 1.